The average Bonchev–Trinajstić information content (AvgIpc) is 3.00. The monoisotopic (exact) mass is 231 g/mol. The molecule has 2 N–H and O–H groups in total. The van der Waals surface area contributed by atoms with Crippen molar-refractivity contribution in [2.75, 3.05) is 0 Å². The Labute approximate surface area is 98.2 Å². The number of amides is 1. The van der Waals surface area contributed by atoms with E-state index >= 15 is 0 Å². The second-order valence-corrected chi connectivity index (χ2v) is 4.20. The van der Waals surface area contributed by atoms with Crippen LogP contribution >= 0.6 is 0 Å². The van der Waals surface area contributed by atoms with Crippen LogP contribution in [0.15, 0.2) is 29.1 Å². The zero-order chi connectivity index (χ0) is 11.7. The van der Waals surface area contributed by atoms with Gasteiger partial charge < -0.3 is 9.73 Å². The first kappa shape index (κ1) is 10.1. The Kier molecular flexibility index (Phi) is 2.44. The summed E-state index contributed by atoms with van der Waals surface area (Å²) in [5, 5.41) is 9.40. The van der Waals surface area contributed by atoms with E-state index in [9.17, 15) is 4.79 Å². The van der Waals surface area contributed by atoms with Crippen LogP contribution in [0, 0.1) is 0 Å². The molecule has 0 spiro atoms. The zero-order valence-corrected chi connectivity index (χ0v) is 9.27. The van der Waals surface area contributed by atoms with Crippen molar-refractivity contribution in [3.8, 4) is 0 Å². The van der Waals surface area contributed by atoms with Crippen LogP contribution < -0.4 is 5.32 Å². The Bertz CT molecular complexity index is 516. The lowest BCUT2D eigenvalue weighted by Gasteiger charge is -2.22. The summed E-state index contributed by atoms with van der Waals surface area (Å²) in [5.74, 6) is 0.895. The maximum atomic E-state index is 11.9. The maximum Gasteiger partial charge on any atom is 0.254 e. The van der Waals surface area contributed by atoms with Crippen molar-refractivity contribution >= 4 is 5.91 Å². The summed E-state index contributed by atoms with van der Waals surface area (Å²) in [4.78, 5) is 11.9. The summed E-state index contributed by atoms with van der Waals surface area (Å²) < 4.78 is 5.39. The number of fused-ring (bicyclic) bond motifs is 1. The van der Waals surface area contributed by atoms with E-state index in [1.807, 2.05) is 6.07 Å². The molecular formula is C12H13N3O2. The number of carbonyl (C=O) groups is 1. The van der Waals surface area contributed by atoms with Gasteiger partial charge in [-0.05, 0) is 18.9 Å². The molecule has 17 heavy (non-hydrogen) atoms. The number of nitrogens with zero attached hydrogens (tertiary/aromatic N) is 1. The number of hydrogen-bond donors (Lipinski definition) is 2. The molecule has 1 aliphatic rings. The summed E-state index contributed by atoms with van der Waals surface area (Å²) in [5.41, 5.74) is 1.66. The number of aromatic nitrogens is 2. The molecular weight excluding hydrogens is 218 g/mol. The van der Waals surface area contributed by atoms with E-state index in [0.717, 1.165) is 30.6 Å². The molecule has 2 aromatic rings. The van der Waals surface area contributed by atoms with Crippen LogP contribution in [0.4, 0.5) is 0 Å². The average molecular weight is 231 g/mol. The summed E-state index contributed by atoms with van der Waals surface area (Å²) in [6, 6.07) is 1.99. The van der Waals surface area contributed by atoms with Crippen LogP contribution in [0.25, 0.3) is 0 Å². The molecule has 1 unspecified atom stereocenters. The lowest BCUT2D eigenvalue weighted by molar-refractivity contribution is 0.0932. The van der Waals surface area contributed by atoms with Crippen molar-refractivity contribution in [2.45, 2.75) is 25.3 Å². The molecule has 0 fully saturated rings. The Hall–Kier alpha value is -2.04. The highest BCUT2D eigenvalue weighted by molar-refractivity contribution is 5.93. The van der Waals surface area contributed by atoms with Crippen LogP contribution in [-0.4, -0.2) is 16.1 Å². The fourth-order valence-electron chi connectivity index (χ4n) is 2.25. The first-order chi connectivity index (χ1) is 8.34. The Morgan fingerprint density at radius 1 is 1.59 bits per heavy atom. The third kappa shape index (κ3) is 1.84. The Balaban J connectivity index is 1.77. The molecule has 3 rings (SSSR count). The van der Waals surface area contributed by atoms with Gasteiger partial charge >= 0.3 is 0 Å². The van der Waals surface area contributed by atoms with Crippen molar-refractivity contribution in [1.29, 1.82) is 0 Å². The van der Waals surface area contributed by atoms with Gasteiger partial charge in [0.05, 0.1) is 24.1 Å². The topological polar surface area (TPSA) is 70.9 Å². The number of aromatic amines is 1. The van der Waals surface area contributed by atoms with Gasteiger partial charge in [0.2, 0.25) is 0 Å². The van der Waals surface area contributed by atoms with E-state index < -0.39 is 0 Å². The number of nitrogens with one attached hydrogen (secondary N) is 2. The van der Waals surface area contributed by atoms with Gasteiger partial charge in [0.1, 0.15) is 5.76 Å². The molecule has 0 bridgehead atoms. The summed E-state index contributed by atoms with van der Waals surface area (Å²) >= 11 is 0. The third-order valence-electron chi connectivity index (χ3n) is 3.12. The smallest absolute Gasteiger partial charge is 0.254 e. The molecule has 0 saturated heterocycles. The van der Waals surface area contributed by atoms with E-state index in [2.05, 4.69) is 15.5 Å². The summed E-state index contributed by atoms with van der Waals surface area (Å²) in [6.07, 6.45) is 7.75. The molecule has 2 aromatic heterocycles. The van der Waals surface area contributed by atoms with Gasteiger partial charge in [-0.2, -0.15) is 5.10 Å². The summed E-state index contributed by atoms with van der Waals surface area (Å²) in [7, 11) is 0. The molecule has 88 valence electrons. The number of furan rings is 1. The predicted molar refractivity (Wildman–Crippen MR) is 60.4 cm³/mol. The van der Waals surface area contributed by atoms with E-state index in [1.54, 1.807) is 12.5 Å². The maximum absolute atomic E-state index is 11.9. The molecule has 2 heterocycles. The van der Waals surface area contributed by atoms with E-state index in [4.69, 9.17) is 4.42 Å². The standard InChI is InChI=1S/C12H13N3O2/c16-12(8-6-13-14-7-8)15-10-2-1-3-11-9(10)4-5-17-11/h4-7,10H,1-3H2,(H,13,14)(H,15,16). The van der Waals surface area contributed by atoms with Crippen LogP contribution in [0.1, 0.15) is 40.6 Å². The predicted octanol–water partition coefficient (Wildman–Crippen LogP) is 1.81. The molecule has 1 amide bonds. The molecule has 1 aliphatic carbocycles. The van der Waals surface area contributed by atoms with E-state index in [1.165, 1.54) is 6.20 Å². The molecule has 5 heteroatoms. The number of aryl methyl sites for hydroxylation is 1. The largest absolute Gasteiger partial charge is 0.469 e. The number of H-pyrrole nitrogens is 1. The van der Waals surface area contributed by atoms with Gasteiger partial charge in [-0.3, -0.25) is 9.89 Å². The van der Waals surface area contributed by atoms with Gasteiger partial charge in [-0.1, -0.05) is 0 Å². The fourth-order valence-corrected chi connectivity index (χ4v) is 2.25. The first-order valence-electron chi connectivity index (χ1n) is 5.70. The highest BCUT2D eigenvalue weighted by Crippen LogP contribution is 2.30. The van der Waals surface area contributed by atoms with Gasteiger partial charge in [0, 0.05) is 18.2 Å². The second-order valence-electron chi connectivity index (χ2n) is 4.20. The third-order valence-corrected chi connectivity index (χ3v) is 3.12. The number of carbonyl (C=O) groups excluding carboxylic acids is 1. The zero-order valence-electron chi connectivity index (χ0n) is 9.27. The van der Waals surface area contributed by atoms with Gasteiger partial charge in [0.25, 0.3) is 5.91 Å². The van der Waals surface area contributed by atoms with Crippen LogP contribution in [-0.2, 0) is 6.42 Å². The second kappa shape index (κ2) is 4.08. The minimum Gasteiger partial charge on any atom is -0.469 e. The molecule has 1 atom stereocenters. The van der Waals surface area contributed by atoms with Crippen molar-refractivity contribution in [2.24, 2.45) is 0 Å². The number of rotatable bonds is 2. The minimum atomic E-state index is -0.0993. The van der Waals surface area contributed by atoms with Crippen LogP contribution in [0.3, 0.4) is 0 Å². The summed E-state index contributed by atoms with van der Waals surface area (Å²) in [6.45, 7) is 0. The van der Waals surface area contributed by atoms with Gasteiger partial charge in [-0.15, -0.1) is 0 Å². The van der Waals surface area contributed by atoms with Crippen molar-refractivity contribution in [1.82, 2.24) is 15.5 Å². The van der Waals surface area contributed by atoms with Crippen LogP contribution in [0.5, 0.6) is 0 Å². The van der Waals surface area contributed by atoms with E-state index in [-0.39, 0.29) is 11.9 Å². The fraction of sp³-hybridized carbons (Fsp3) is 0.333. The molecule has 0 saturated carbocycles. The van der Waals surface area contributed by atoms with Crippen molar-refractivity contribution in [3.05, 3.63) is 41.6 Å². The normalized spacial score (nSPS) is 18.7. The minimum absolute atomic E-state index is 0.0555. The lowest BCUT2D eigenvalue weighted by Crippen LogP contribution is -2.30. The van der Waals surface area contributed by atoms with Gasteiger partial charge in [0.15, 0.2) is 0 Å². The molecule has 0 aromatic carbocycles. The Morgan fingerprint density at radius 3 is 3.35 bits per heavy atom. The highest BCUT2D eigenvalue weighted by atomic mass is 16.3. The Morgan fingerprint density at radius 2 is 2.53 bits per heavy atom. The number of hydrogen-bond acceptors (Lipinski definition) is 3. The molecule has 0 radical (unpaired) electrons. The quantitative estimate of drug-likeness (QED) is 0.828. The van der Waals surface area contributed by atoms with Gasteiger partial charge in [-0.25, -0.2) is 0 Å². The van der Waals surface area contributed by atoms with Crippen molar-refractivity contribution < 1.29 is 9.21 Å². The van der Waals surface area contributed by atoms with Crippen molar-refractivity contribution in [3.63, 3.8) is 0 Å². The molecule has 0 aliphatic heterocycles. The first-order valence-corrected chi connectivity index (χ1v) is 5.70. The van der Waals surface area contributed by atoms with Crippen LogP contribution in [0.2, 0.25) is 0 Å². The lowest BCUT2D eigenvalue weighted by atomic mass is 9.93. The molecule has 5 nitrogen and oxygen atoms in total. The van der Waals surface area contributed by atoms with E-state index in [0.29, 0.717) is 5.56 Å². The highest BCUT2D eigenvalue weighted by Gasteiger charge is 2.24. The SMILES string of the molecule is O=C(NC1CCCc2occc21)c1cn[nH]c1.